The van der Waals surface area contributed by atoms with Crippen molar-refractivity contribution in [3.63, 3.8) is 0 Å². The van der Waals surface area contributed by atoms with Gasteiger partial charge in [-0.3, -0.25) is 4.79 Å². The lowest BCUT2D eigenvalue weighted by molar-refractivity contribution is -0.139. The maximum atomic E-state index is 12.1. The molecule has 0 spiro atoms. The minimum atomic E-state index is -4.02. The van der Waals surface area contributed by atoms with Crippen LogP contribution < -0.4 is 10.0 Å². The van der Waals surface area contributed by atoms with Gasteiger partial charge in [0.2, 0.25) is 0 Å². The average Bonchev–Trinajstić information content (AvgIpc) is 2.66. The summed E-state index contributed by atoms with van der Waals surface area (Å²) >= 11 is 0. The monoisotopic (exact) mass is 388 g/mol. The molecule has 0 aliphatic rings. The van der Waals surface area contributed by atoms with Crippen molar-refractivity contribution in [1.82, 2.24) is 10.0 Å². The van der Waals surface area contributed by atoms with E-state index in [0.717, 1.165) is 23.6 Å². The summed E-state index contributed by atoms with van der Waals surface area (Å²) in [6.07, 6.45) is 0. The molecule has 0 aliphatic carbocycles. The fourth-order valence-electron chi connectivity index (χ4n) is 2.28. The molecule has 142 valence electrons. The number of methoxy groups -OCH3 is 1. The third-order valence-corrected chi connectivity index (χ3v) is 4.77. The van der Waals surface area contributed by atoms with Crippen molar-refractivity contribution in [3.05, 3.63) is 65.6 Å². The highest BCUT2D eigenvalue weighted by Crippen LogP contribution is 2.22. The Hall–Kier alpha value is -3.13. The highest BCUT2D eigenvalue weighted by atomic mass is 32.2. The normalized spacial score (nSPS) is 11.6. The van der Waals surface area contributed by atoms with Gasteiger partial charge in [-0.25, -0.2) is 17.9 Å². The zero-order valence-corrected chi connectivity index (χ0v) is 15.7. The summed E-state index contributed by atoms with van der Waals surface area (Å²) in [5, 5.41) is 3.06. The van der Waals surface area contributed by atoms with E-state index in [1.807, 2.05) is 47.2 Å². The molecule has 0 fully saturated rings. The molecule has 2 rings (SSSR count). The van der Waals surface area contributed by atoms with Crippen molar-refractivity contribution >= 4 is 27.6 Å². The summed E-state index contributed by atoms with van der Waals surface area (Å²) in [7, 11) is -2.86. The number of carbonyl (C=O) groups excluding carboxylic acids is 2. The summed E-state index contributed by atoms with van der Waals surface area (Å²) in [5.74, 6) is -0.687. The molecule has 0 unspecified atom stereocenters. The van der Waals surface area contributed by atoms with Crippen molar-refractivity contribution in [2.45, 2.75) is 6.92 Å². The maximum absolute atomic E-state index is 12.1. The zero-order valence-electron chi connectivity index (χ0n) is 14.9. The Morgan fingerprint density at radius 2 is 1.59 bits per heavy atom. The van der Waals surface area contributed by atoms with E-state index in [4.69, 9.17) is 0 Å². The van der Waals surface area contributed by atoms with Gasteiger partial charge in [0.1, 0.15) is 6.54 Å². The number of allylic oxidation sites excluding steroid dienone is 1. The van der Waals surface area contributed by atoms with Crippen molar-refractivity contribution in [2.24, 2.45) is 0 Å². The first-order chi connectivity index (χ1) is 12.8. The molecule has 0 bridgehead atoms. The molecule has 2 aromatic carbocycles. The molecular weight excluding hydrogens is 368 g/mol. The van der Waals surface area contributed by atoms with E-state index >= 15 is 0 Å². The number of amides is 2. The number of carbonyl (C=O) groups is 2. The Morgan fingerprint density at radius 3 is 2.19 bits per heavy atom. The van der Waals surface area contributed by atoms with Gasteiger partial charge in [0.15, 0.2) is 0 Å². The first kappa shape index (κ1) is 20.2. The van der Waals surface area contributed by atoms with Crippen LogP contribution in [0.15, 0.2) is 60.0 Å². The molecule has 27 heavy (non-hydrogen) atoms. The second kappa shape index (κ2) is 9.00. The highest BCUT2D eigenvalue weighted by Gasteiger charge is 2.13. The molecule has 0 heterocycles. The second-order valence-corrected chi connectivity index (χ2v) is 7.18. The molecule has 2 amide bonds. The fraction of sp³-hybridized carbons (Fsp3) is 0.158. The Labute approximate surface area is 158 Å². The number of esters is 1. The number of hydrogen-bond acceptors (Lipinski definition) is 5. The van der Waals surface area contributed by atoms with Gasteiger partial charge in [0.25, 0.3) is 10.0 Å². The lowest BCUT2D eigenvalue weighted by Crippen LogP contribution is -2.41. The zero-order chi connectivity index (χ0) is 19.9. The van der Waals surface area contributed by atoms with E-state index in [-0.39, 0.29) is 0 Å². The smallest absolute Gasteiger partial charge is 0.329 e. The molecule has 7 nitrogen and oxygen atoms in total. The molecule has 0 saturated heterocycles. The number of ether oxygens (including phenoxy) is 1. The summed E-state index contributed by atoms with van der Waals surface area (Å²) < 4.78 is 30.3. The number of sulfonamides is 1. The Kier molecular flexibility index (Phi) is 6.73. The summed E-state index contributed by atoms with van der Waals surface area (Å²) in [5.41, 5.74) is 3.23. The topological polar surface area (TPSA) is 102 Å². The van der Waals surface area contributed by atoms with Crippen LogP contribution in [0.25, 0.3) is 16.7 Å². The molecule has 8 heteroatoms. The lowest BCUT2D eigenvalue weighted by atomic mass is 10.0. The molecule has 0 radical (unpaired) electrons. The summed E-state index contributed by atoms with van der Waals surface area (Å²) in [6.45, 7) is 1.20. The van der Waals surface area contributed by atoms with Crippen LogP contribution in [0.2, 0.25) is 0 Å². The van der Waals surface area contributed by atoms with Crippen LogP contribution in [-0.2, 0) is 19.6 Å². The third kappa shape index (κ3) is 6.27. The highest BCUT2D eigenvalue weighted by molar-refractivity contribution is 7.93. The van der Waals surface area contributed by atoms with Crippen molar-refractivity contribution in [3.8, 4) is 11.1 Å². The van der Waals surface area contributed by atoms with Gasteiger partial charge in [-0.1, -0.05) is 54.6 Å². The minimum absolute atomic E-state index is 0.429. The largest absolute Gasteiger partial charge is 0.468 e. The van der Waals surface area contributed by atoms with Crippen LogP contribution in [-0.4, -0.2) is 34.1 Å². The Balaban J connectivity index is 2.06. The van der Waals surface area contributed by atoms with Gasteiger partial charge < -0.3 is 10.1 Å². The number of hydrogen-bond donors (Lipinski definition) is 2. The predicted octanol–water partition coefficient (Wildman–Crippen LogP) is 2.52. The van der Waals surface area contributed by atoms with Crippen molar-refractivity contribution in [2.75, 3.05) is 13.7 Å². The van der Waals surface area contributed by atoms with E-state index in [1.54, 1.807) is 19.1 Å². The summed E-state index contributed by atoms with van der Waals surface area (Å²) in [6, 6.07) is 16.2. The number of rotatable bonds is 6. The van der Waals surface area contributed by atoms with E-state index in [0.29, 0.717) is 11.1 Å². The lowest BCUT2D eigenvalue weighted by Gasteiger charge is -2.07. The van der Waals surface area contributed by atoms with Gasteiger partial charge in [0, 0.05) is 0 Å². The molecule has 2 N–H and O–H groups in total. The molecule has 0 aromatic heterocycles. The van der Waals surface area contributed by atoms with Crippen molar-refractivity contribution < 1.29 is 22.7 Å². The SMILES string of the molecule is COC(=O)CNC(=O)NS(=O)(=O)/C=C(\C)c1ccc(-c2ccccc2)cc1. The van der Waals surface area contributed by atoms with Gasteiger partial charge in [-0.05, 0) is 29.2 Å². The first-order valence-corrected chi connectivity index (χ1v) is 9.57. The fourth-order valence-corrected chi connectivity index (χ4v) is 3.27. The van der Waals surface area contributed by atoms with E-state index in [9.17, 15) is 18.0 Å². The maximum Gasteiger partial charge on any atom is 0.329 e. The molecule has 2 aromatic rings. The first-order valence-electron chi connectivity index (χ1n) is 8.02. The molecule has 0 aliphatic heterocycles. The van der Waals surface area contributed by atoms with Crippen LogP contribution in [0.3, 0.4) is 0 Å². The van der Waals surface area contributed by atoms with Gasteiger partial charge in [0.05, 0.1) is 12.5 Å². The van der Waals surface area contributed by atoms with Crippen LogP contribution in [0.1, 0.15) is 12.5 Å². The van der Waals surface area contributed by atoms with Crippen LogP contribution in [0.5, 0.6) is 0 Å². The van der Waals surface area contributed by atoms with Crippen LogP contribution >= 0.6 is 0 Å². The third-order valence-electron chi connectivity index (χ3n) is 3.64. The molecule has 0 atom stereocenters. The minimum Gasteiger partial charge on any atom is -0.468 e. The Bertz CT molecular complexity index is 936. The number of benzene rings is 2. The number of urea groups is 1. The Morgan fingerprint density at radius 1 is 1.00 bits per heavy atom. The van der Waals surface area contributed by atoms with E-state index in [1.165, 1.54) is 0 Å². The molecular formula is C19H20N2O5S. The van der Waals surface area contributed by atoms with Crippen LogP contribution in [0, 0.1) is 0 Å². The second-order valence-electron chi connectivity index (χ2n) is 5.65. The quantitative estimate of drug-likeness (QED) is 0.741. The van der Waals surface area contributed by atoms with Gasteiger partial charge >= 0.3 is 12.0 Å². The van der Waals surface area contributed by atoms with Crippen LogP contribution in [0.4, 0.5) is 4.79 Å². The molecule has 0 saturated carbocycles. The summed E-state index contributed by atoms with van der Waals surface area (Å²) in [4.78, 5) is 22.5. The van der Waals surface area contributed by atoms with E-state index < -0.39 is 28.6 Å². The standard InChI is InChI=1S/C19H20N2O5S/c1-14(13-27(24,25)21-19(23)20-12-18(22)26-2)15-8-10-17(11-9-15)16-6-4-3-5-7-16/h3-11,13H,12H2,1-2H3,(H2,20,21,23)/b14-13+. The van der Waals surface area contributed by atoms with E-state index in [2.05, 4.69) is 10.1 Å². The average molecular weight is 388 g/mol. The van der Waals surface area contributed by atoms with Gasteiger partial charge in [-0.2, -0.15) is 0 Å². The van der Waals surface area contributed by atoms with Gasteiger partial charge in [-0.15, -0.1) is 0 Å². The van der Waals surface area contributed by atoms with Crippen molar-refractivity contribution in [1.29, 1.82) is 0 Å². The number of nitrogens with one attached hydrogen (secondary N) is 2. The predicted molar refractivity (Wildman–Crippen MR) is 103 cm³/mol.